The highest BCUT2D eigenvalue weighted by molar-refractivity contribution is 8.01. The minimum absolute atomic E-state index is 0.340. The molecule has 1 aromatic carbocycles. The molecule has 2 saturated carbocycles. The number of hydrogen-bond donors (Lipinski definition) is 1. The van der Waals surface area contributed by atoms with Crippen LogP contribution >= 0.6 is 11.8 Å². The van der Waals surface area contributed by atoms with Crippen LogP contribution < -0.4 is 0 Å². The van der Waals surface area contributed by atoms with Crippen molar-refractivity contribution in [3.8, 4) is 0 Å². The van der Waals surface area contributed by atoms with Crippen molar-refractivity contribution in [2.24, 2.45) is 5.41 Å². The van der Waals surface area contributed by atoms with Gasteiger partial charge in [-0.2, -0.15) is 0 Å². The number of aliphatic carboxylic acids is 1. The molecule has 0 saturated heterocycles. The van der Waals surface area contributed by atoms with Gasteiger partial charge in [-0.25, -0.2) is 0 Å². The van der Waals surface area contributed by atoms with Crippen molar-refractivity contribution in [2.75, 3.05) is 0 Å². The second-order valence-corrected chi connectivity index (χ2v) is 8.01. The molecule has 3 heteroatoms. The molecule has 2 fully saturated rings. The van der Waals surface area contributed by atoms with Crippen LogP contribution in [-0.2, 0) is 4.79 Å². The van der Waals surface area contributed by atoms with Crippen LogP contribution in [0.2, 0.25) is 0 Å². The van der Waals surface area contributed by atoms with Crippen molar-refractivity contribution >= 4 is 17.7 Å². The summed E-state index contributed by atoms with van der Waals surface area (Å²) in [5, 5.41) is 9.73. The minimum atomic E-state index is -0.623. The Labute approximate surface area is 125 Å². The third-order valence-electron chi connectivity index (χ3n) is 5.02. The fourth-order valence-corrected chi connectivity index (χ4v) is 5.60. The van der Waals surface area contributed by atoms with Crippen molar-refractivity contribution in [2.45, 2.75) is 61.5 Å². The number of rotatable bonds is 3. The van der Waals surface area contributed by atoms with E-state index in [2.05, 4.69) is 19.1 Å². The Morgan fingerprint density at radius 1 is 1.15 bits per heavy atom. The molecule has 2 aliphatic rings. The highest BCUT2D eigenvalue weighted by atomic mass is 32.2. The number of thioether (sulfide) groups is 1. The summed E-state index contributed by atoms with van der Waals surface area (Å²) in [6.07, 6.45) is 8.07. The van der Waals surface area contributed by atoms with Gasteiger partial charge in [-0.1, -0.05) is 37.5 Å². The fraction of sp³-hybridized carbons (Fsp3) is 0.588. The molecule has 2 nitrogen and oxygen atoms in total. The lowest BCUT2D eigenvalue weighted by molar-refractivity contribution is -0.147. The summed E-state index contributed by atoms with van der Waals surface area (Å²) in [5.74, 6) is -0.623. The molecule has 0 bridgehead atoms. The quantitative estimate of drug-likeness (QED) is 0.880. The summed E-state index contributed by atoms with van der Waals surface area (Å²) >= 11 is 1.58. The Morgan fingerprint density at radius 3 is 2.40 bits per heavy atom. The Hall–Kier alpha value is -0.960. The third-order valence-corrected chi connectivity index (χ3v) is 6.56. The first-order valence-corrected chi connectivity index (χ1v) is 8.35. The maximum Gasteiger partial charge on any atom is 0.320 e. The normalized spacial score (nSPS) is 23.2. The number of hydrogen-bond acceptors (Lipinski definition) is 2. The lowest BCUT2D eigenvalue weighted by Gasteiger charge is -2.55. The van der Waals surface area contributed by atoms with Gasteiger partial charge in [0.05, 0.1) is 0 Å². The first kappa shape index (κ1) is 14.0. The number of aryl methyl sites for hydroxylation is 1. The smallest absolute Gasteiger partial charge is 0.320 e. The molecular formula is C17H22O2S. The van der Waals surface area contributed by atoms with E-state index in [1.807, 2.05) is 12.1 Å². The average Bonchev–Trinajstić information content (AvgIpc) is 2.40. The molecule has 1 aromatic rings. The highest BCUT2D eigenvalue weighted by Gasteiger charge is 2.59. The second-order valence-electron chi connectivity index (χ2n) is 6.58. The van der Waals surface area contributed by atoms with Gasteiger partial charge in [0.1, 0.15) is 4.75 Å². The topological polar surface area (TPSA) is 37.3 Å². The lowest BCUT2D eigenvalue weighted by atomic mass is 9.55. The first-order valence-electron chi connectivity index (χ1n) is 7.53. The predicted octanol–water partition coefficient (Wildman–Crippen LogP) is 4.65. The number of benzene rings is 1. The van der Waals surface area contributed by atoms with Crippen LogP contribution in [0.1, 0.15) is 50.5 Å². The Balaban J connectivity index is 1.78. The molecule has 1 spiro atoms. The van der Waals surface area contributed by atoms with Crippen molar-refractivity contribution in [1.82, 2.24) is 0 Å². The fourth-order valence-electron chi connectivity index (χ4n) is 3.96. The number of carboxylic acids is 1. The largest absolute Gasteiger partial charge is 0.480 e. The van der Waals surface area contributed by atoms with Gasteiger partial charge in [0, 0.05) is 4.90 Å². The van der Waals surface area contributed by atoms with Gasteiger partial charge >= 0.3 is 5.97 Å². The van der Waals surface area contributed by atoms with E-state index in [0.717, 1.165) is 17.7 Å². The summed E-state index contributed by atoms with van der Waals surface area (Å²) < 4.78 is -0.580. The third kappa shape index (κ3) is 2.37. The Bertz CT molecular complexity index is 509. The van der Waals surface area contributed by atoms with E-state index in [9.17, 15) is 9.90 Å². The molecule has 0 amide bonds. The van der Waals surface area contributed by atoms with Crippen LogP contribution in [0.3, 0.4) is 0 Å². The first-order chi connectivity index (χ1) is 9.55. The maximum absolute atomic E-state index is 11.8. The Kier molecular flexibility index (Phi) is 3.57. The van der Waals surface area contributed by atoms with Gasteiger partial charge in [0.15, 0.2) is 0 Å². The van der Waals surface area contributed by atoms with Gasteiger partial charge in [-0.05, 0) is 49.7 Å². The van der Waals surface area contributed by atoms with E-state index in [-0.39, 0.29) is 0 Å². The minimum Gasteiger partial charge on any atom is -0.480 e. The zero-order valence-electron chi connectivity index (χ0n) is 12.0. The van der Waals surface area contributed by atoms with Crippen molar-refractivity contribution in [3.05, 3.63) is 29.8 Å². The molecule has 0 aromatic heterocycles. The molecule has 108 valence electrons. The van der Waals surface area contributed by atoms with Crippen LogP contribution in [0.25, 0.3) is 0 Å². The molecule has 0 unspecified atom stereocenters. The van der Waals surface area contributed by atoms with E-state index in [1.54, 1.807) is 11.8 Å². The summed E-state index contributed by atoms with van der Waals surface area (Å²) in [6, 6.07) is 8.12. The van der Waals surface area contributed by atoms with Crippen LogP contribution in [0.5, 0.6) is 0 Å². The molecule has 2 aliphatic carbocycles. The van der Waals surface area contributed by atoms with E-state index in [1.165, 1.54) is 37.7 Å². The summed E-state index contributed by atoms with van der Waals surface area (Å²) in [5.41, 5.74) is 1.52. The zero-order valence-corrected chi connectivity index (χ0v) is 12.8. The van der Waals surface area contributed by atoms with E-state index in [0.29, 0.717) is 5.41 Å². The standard InChI is InChI=1S/C17H22O2S/c1-13-7-3-4-8-14(13)20-17(15(18)19)11-16(12-17)9-5-2-6-10-16/h3-4,7-8H,2,5-6,9-12H2,1H3,(H,18,19). The zero-order chi connectivity index (χ0) is 14.2. The van der Waals surface area contributed by atoms with Crippen molar-refractivity contribution < 1.29 is 9.90 Å². The van der Waals surface area contributed by atoms with Crippen LogP contribution in [-0.4, -0.2) is 15.8 Å². The SMILES string of the molecule is Cc1ccccc1SC1(C(=O)O)CC2(CCCCC2)C1. The molecule has 0 aliphatic heterocycles. The number of carboxylic acid groups (broad SMARTS) is 1. The molecular weight excluding hydrogens is 268 g/mol. The number of carbonyl (C=O) groups is 1. The van der Waals surface area contributed by atoms with Crippen LogP contribution in [0.15, 0.2) is 29.2 Å². The maximum atomic E-state index is 11.8. The van der Waals surface area contributed by atoms with Gasteiger partial charge in [0.25, 0.3) is 0 Å². The van der Waals surface area contributed by atoms with Crippen LogP contribution in [0.4, 0.5) is 0 Å². The molecule has 0 heterocycles. The van der Waals surface area contributed by atoms with E-state index >= 15 is 0 Å². The van der Waals surface area contributed by atoms with Gasteiger partial charge in [-0.15, -0.1) is 11.8 Å². The van der Waals surface area contributed by atoms with Crippen molar-refractivity contribution in [1.29, 1.82) is 0 Å². The molecule has 1 N–H and O–H groups in total. The highest BCUT2D eigenvalue weighted by Crippen LogP contribution is 2.63. The predicted molar refractivity (Wildman–Crippen MR) is 82.2 cm³/mol. The van der Waals surface area contributed by atoms with Crippen LogP contribution in [0, 0.1) is 12.3 Å². The van der Waals surface area contributed by atoms with Gasteiger partial charge < -0.3 is 5.11 Å². The van der Waals surface area contributed by atoms with Crippen molar-refractivity contribution in [3.63, 3.8) is 0 Å². The summed E-state index contributed by atoms with van der Waals surface area (Å²) in [4.78, 5) is 12.9. The summed E-state index contributed by atoms with van der Waals surface area (Å²) in [7, 11) is 0. The monoisotopic (exact) mass is 290 g/mol. The second kappa shape index (κ2) is 5.10. The summed E-state index contributed by atoms with van der Waals surface area (Å²) in [6.45, 7) is 2.06. The Morgan fingerprint density at radius 2 is 1.80 bits per heavy atom. The molecule has 20 heavy (non-hydrogen) atoms. The van der Waals surface area contributed by atoms with E-state index < -0.39 is 10.7 Å². The molecule has 3 rings (SSSR count). The van der Waals surface area contributed by atoms with Gasteiger partial charge in [0.2, 0.25) is 0 Å². The molecule has 0 atom stereocenters. The van der Waals surface area contributed by atoms with E-state index in [4.69, 9.17) is 0 Å². The molecule has 0 radical (unpaired) electrons. The average molecular weight is 290 g/mol. The lowest BCUT2D eigenvalue weighted by Crippen LogP contribution is -2.55. The van der Waals surface area contributed by atoms with Gasteiger partial charge in [-0.3, -0.25) is 4.79 Å².